The first-order valence-electron chi connectivity index (χ1n) is 6.03. The van der Waals surface area contributed by atoms with Gasteiger partial charge in [-0.1, -0.05) is 6.92 Å². The van der Waals surface area contributed by atoms with Crippen molar-refractivity contribution in [3.05, 3.63) is 12.2 Å². The number of rotatable bonds is 6. The van der Waals surface area contributed by atoms with Gasteiger partial charge in [0.1, 0.15) is 17.7 Å². The van der Waals surface area contributed by atoms with Crippen LogP contribution in [0.15, 0.2) is 6.33 Å². The molecule has 1 heterocycles. The summed E-state index contributed by atoms with van der Waals surface area (Å²) in [6, 6.07) is -0.557. The third-order valence-electron chi connectivity index (χ3n) is 2.50. The summed E-state index contributed by atoms with van der Waals surface area (Å²) in [5, 5.41) is 17.8. The molecule has 0 spiro atoms. The van der Waals surface area contributed by atoms with Crippen LogP contribution in [0.5, 0.6) is 0 Å². The van der Waals surface area contributed by atoms with Crippen LogP contribution in [0.25, 0.3) is 0 Å². The Kier molecular flexibility index (Phi) is 4.85. The van der Waals surface area contributed by atoms with Gasteiger partial charge in [-0.15, -0.1) is 0 Å². The summed E-state index contributed by atoms with van der Waals surface area (Å²) in [6.07, 6.45) is 2.33. The van der Waals surface area contributed by atoms with Gasteiger partial charge < -0.3 is 15.7 Å². The number of hydrogen-bond donors (Lipinski definition) is 3. The summed E-state index contributed by atoms with van der Waals surface area (Å²) in [5.74, 6) is -0.470. The van der Waals surface area contributed by atoms with Crippen LogP contribution < -0.4 is 10.6 Å². The molecule has 0 atom stereocenters. The van der Waals surface area contributed by atoms with Gasteiger partial charge in [-0.25, -0.2) is 19.3 Å². The van der Waals surface area contributed by atoms with Gasteiger partial charge in [0.15, 0.2) is 0 Å². The number of nitrogens with one attached hydrogen (secondary N) is 2. The molecular formula is C11H19N5O3. The molecule has 0 radical (unpaired) electrons. The second-order valence-corrected chi connectivity index (χ2v) is 4.64. The molecule has 0 saturated heterocycles. The van der Waals surface area contributed by atoms with E-state index in [1.807, 2.05) is 6.92 Å². The molecule has 2 amide bonds. The second-order valence-electron chi connectivity index (χ2n) is 4.64. The molecule has 8 heteroatoms. The van der Waals surface area contributed by atoms with Crippen LogP contribution in [0.2, 0.25) is 0 Å². The van der Waals surface area contributed by atoms with Crippen LogP contribution in [0, 0.1) is 0 Å². The average molecular weight is 269 g/mol. The minimum absolute atomic E-state index is 0.196. The highest BCUT2D eigenvalue weighted by atomic mass is 16.4. The molecule has 106 valence electrons. The monoisotopic (exact) mass is 269 g/mol. The Hall–Kier alpha value is -2.12. The largest absolute Gasteiger partial charge is 0.480 e. The van der Waals surface area contributed by atoms with Gasteiger partial charge in [0.2, 0.25) is 0 Å². The third-order valence-corrected chi connectivity index (χ3v) is 2.50. The number of aryl methyl sites for hydroxylation is 1. The number of nitrogens with zero attached hydrogens (tertiary/aromatic N) is 3. The highest BCUT2D eigenvalue weighted by Crippen LogP contribution is 2.01. The Balaban J connectivity index is 2.50. The van der Waals surface area contributed by atoms with E-state index in [1.54, 1.807) is 4.68 Å². The fourth-order valence-electron chi connectivity index (χ4n) is 1.36. The average Bonchev–Trinajstić information content (AvgIpc) is 2.73. The molecule has 1 aromatic rings. The van der Waals surface area contributed by atoms with Crippen LogP contribution in [0.3, 0.4) is 0 Å². The topological polar surface area (TPSA) is 109 Å². The Bertz CT molecular complexity index is 455. The van der Waals surface area contributed by atoms with Crippen LogP contribution in [-0.4, -0.2) is 37.4 Å². The smallest absolute Gasteiger partial charge is 0.328 e. The van der Waals surface area contributed by atoms with Crippen LogP contribution in [-0.2, 0) is 17.9 Å². The zero-order valence-electron chi connectivity index (χ0n) is 11.3. The summed E-state index contributed by atoms with van der Waals surface area (Å²) in [4.78, 5) is 26.5. The number of amides is 2. The maximum atomic E-state index is 11.6. The van der Waals surface area contributed by atoms with Crippen molar-refractivity contribution in [3.63, 3.8) is 0 Å². The molecule has 0 fully saturated rings. The maximum Gasteiger partial charge on any atom is 0.328 e. The van der Waals surface area contributed by atoms with Crippen molar-refractivity contribution in [1.82, 2.24) is 25.4 Å². The van der Waals surface area contributed by atoms with Crippen molar-refractivity contribution in [3.8, 4) is 0 Å². The number of aliphatic carboxylic acids is 1. The molecular weight excluding hydrogens is 250 g/mol. The van der Waals surface area contributed by atoms with Crippen LogP contribution in [0.1, 0.15) is 33.0 Å². The molecule has 19 heavy (non-hydrogen) atoms. The molecule has 0 saturated carbocycles. The van der Waals surface area contributed by atoms with Crippen LogP contribution in [0.4, 0.5) is 4.79 Å². The zero-order chi connectivity index (χ0) is 14.5. The molecule has 0 unspecified atom stereocenters. The lowest BCUT2D eigenvalue weighted by atomic mass is 10.1. The first-order chi connectivity index (χ1) is 8.86. The highest BCUT2D eigenvalue weighted by molar-refractivity contribution is 5.85. The molecule has 0 aliphatic heterocycles. The van der Waals surface area contributed by atoms with E-state index in [0.717, 1.165) is 13.0 Å². The summed E-state index contributed by atoms with van der Waals surface area (Å²) in [6.45, 7) is 5.75. The Morgan fingerprint density at radius 3 is 2.74 bits per heavy atom. The number of aromatic nitrogens is 3. The van der Waals surface area contributed by atoms with Crippen molar-refractivity contribution in [2.75, 3.05) is 0 Å². The summed E-state index contributed by atoms with van der Waals surface area (Å²) >= 11 is 0. The second kappa shape index (κ2) is 6.17. The van der Waals surface area contributed by atoms with Gasteiger partial charge in [0.25, 0.3) is 0 Å². The minimum Gasteiger partial charge on any atom is -0.480 e. The first kappa shape index (κ1) is 14.9. The Morgan fingerprint density at radius 2 is 2.16 bits per heavy atom. The predicted molar refractivity (Wildman–Crippen MR) is 67.4 cm³/mol. The molecule has 0 bridgehead atoms. The number of carbonyl (C=O) groups is 2. The van der Waals surface area contributed by atoms with Crippen molar-refractivity contribution in [2.45, 2.75) is 45.8 Å². The van der Waals surface area contributed by atoms with E-state index in [4.69, 9.17) is 5.11 Å². The summed E-state index contributed by atoms with van der Waals surface area (Å²) in [7, 11) is 0. The number of carbonyl (C=O) groups excluding carboxylic acids is 1. The lowest BCUT2D eigenvalue weighted by Crippen LogP contribution is -2.53. The molecule has 1 aromatic heterocycles. The van der Waals surface area contributed by atoms with E-state index in [1.165, 1.54) is 20.2 Å². The number of carboxylic acid groups (broad SMARTS) is 1. The van der Waals surface area contributed by atoms with E-state index in [9.17, 15) is 9.59 Å². The zero-order valence-corrected chi connectivity index (χ0v) is 11.3. The van der Waals surface area contributed by atoms with Gasteiger partial charge in [-0.2, -0.15) is 5.10 Å². The standard InChI is InChI=1S/C11H19N5O3/c1-4-5-16-8(13-7-14-16)6-12-10(19)15-11(2,3)9(17)18/h7H,4-6H2,1-3H3,(H,17,18)(H2,12,15,19). The van der Waals surface area contributed by atoms with Crippen molar-refractivity contribution in [2.24, 2.45) is 0 Å². The SMILES string of the molecule is CCCn1ncnc1CNC(=O)NC(C)(C)C(=O)O. The Morgan fingerprint density at radius 1 is 1.47 bits per heavy atom. The van der Waals surface area contributed by atoms with E-state index < -0.39 is 17.5 Å². The maximum absolute atomic E-state index is 11.6. The van der Waals surface area contributed by atoms with Crippen LogP contribution >= 0.6 is 0 Å². The molecule has 1 rings (SSSR count). The minimum atomic E-state index is -1.32. The van der Waals surface area contributed by atoms with Gasteiger partial charge >= 0.3 is 12.0 Å². The Labute approximate surface area is 111 Å². The van der Waals surface area contributed by atoms with Gasteiger partial charge in [0.05, 0.1) is 6.54 Å². The molecule has 0 aliphatic rings. The van der Waals surface area contributed by atoms with Crippen molar-refractivity contribution < 1.29 is 14.7 Å². The van der Waals surface area contributed by atoms with E-state index in [-0.39, 0.29) is 6.54 Å². The normalized spacial score (nSPS) is 11.1. The quantitative estimate of drug-likeness (QED) is 0.690. The first-order valence-corrected chi connectivity index (χ1v) is 6.03. The molecule has 0 aliphatic carbocycles. The van der Waals surface area contributed by atoms with Gasteiger partial charge in [-0.05, 0) is 20.3 Å². The van der Waals surface area contributed by atoms with Crippen molar-refractivity contribution >= 4 is 12.0 Å². The number of carboxylic acids is 1. The van der Waals surface area contributed by atoms with E-state index in [2.05, 4.69) is 20.7 Å². The van der Waals surface area contributed by atoms with Gasteiger partial charge in [0, 0.05) is 6.54 Å². The third kappa shape index (κ3) is 4.23. The van der Waals surface area contributed by atoms with Crippen molar-refractivity contribution in [1.29, 1.82) is 0 Å². The molecule has 0 aromatic carbocycles. The fraction of sp³-hybridized carbons (Fsp3) is 0.636. The number of hydrogen-bond acceptors (Lipinski definition) is 4. The predicted octanol–water partition coefficient (Wildman–Crippen LogP) is 0.351. The molecule has 3 N–H and O–H groups in total. The van der Waals surface area contributed by atoms with Gasteiger partial charge in [-0.3, -0.25) is 0 Å². The lowest BCUT2D eigenvalue weighted by molar-refractivity contribution is -0.142. The fourth-order valence-corrected chi connectivity index (χ4v) is 1.36. The number of urea groups is 1. The summed E-state index contributed by atoms with van der Waals surface area (Å²) in [5.41, 5.74) is -1.32. The lowest BCUT2D eigenvalue weighted by Gasteiger charge is -2.21. The van der Waals surface area contributed by atoms with E-state index in [0.29, 0.717) is 5.82 Å². The molecule has 8 nitrogen and oxygen atoms in total. The van der Waals surface area contributed by atoms with E-state index >= 15 is 0 Å². The summed E-state index contributed by atoms with van der Waals surface area (Å²) < 4.78 is 1.70. The highest BCUT2D eigenvalue weighted by Gasteiger charge is 2.28.